The summed E-state index contributed by atoms with van der Waals surface area (Å²) in [5.41, 5.74) is 0.967. The second-order valence-corrected chi connectivity index (χ2v) is 6.59. The van der Waals surface area contributed by atoms with Crippen LogP contribution in [0.1, 0.15) is 11.2 Å². The minimum atomic E-state index is -0.617. The zero-order valence-electron chi connectivity index (χ0n) is 10.6. The second-order valence-electron chi connectivity index (χ2n) is 4.16. The van der Waals surface area contributed by atoms with Crippen molar-refractivity contribution in [3.05, 3.63) is 34.8 Å². The monoisotopic (exact) mass is 308 g/mol. The second kappa shape index (κ2) is 5.88. The van der Waals surface area contributed by atoms with Gasteiger partial charge in [-0.25, -0.2) is 9.36 Å². The van der Waals surface area contributed by atoms with Crippen LogP contribution in [0.25, 0.3) is 11.1 Å². The zero-order valence-corrected chi connectivity index (χ0v) is 12.2. The molecule has 0 saturated heterocycles. The van der Waals surface area contributed by atoms with Crippen LogP contribution in [-0.2, 0) is 0 Å². The molecule has 0 aliphatic carbocycles. The lowest BCUT2D eigenvalue weighted by Crippen LogP contribution is -2.22. The number of benzene rings is 1. The summed E-state index contributed by atoms with van der Waals surface area (Å²) in [5, 5.41) is 0. The molecule has 7 heteroatoms. The summed E-state index contributed by atoms with van der Waals surface area (Å²) in [6.45, 7) is 0.854. The van der Waals surface area contributed by atoms with Crippen LogP contribution < -0.4 is 5.76 Å². The standard InChI is InChI=1S/C13H12N2O3S2/c16-11(5-7-19-12-14-6-8-20-12)15-9-3-1-2-4-10(9)18-13(15)17/h1-4H,5-8H2. The molecule has 5 nitrogen and oxygen atoms in total. The topological polar surface area (TPSA) is 64.6 Å². The molecule has 0 radical (unpaired) electrons. The summed E-state index contributed by atoms with van der Waals surface area (Å²) in [5.74, 6) is 0.781. The number of thioether (sulfide) groups is 2. The lowest BCUT2D eigenvalue weighted by atomic mass is 10.3. The average molecular weight is 308 g/mol. The molecule has 1 aromatic carbocycles. The summed E-state index contributed by atoms with van der Waals surface area (Å²) in [6.07, 6.45) is 0.285. The van der Waals surface area contributed by atoms with Crippen LogP contribution >= 0.6 is 23.5 Å². The van der Waals surface area contributed by atoms with Crippen molar-refractivity contribution in [3.63, 3.8) is 0 Å². The lowest BCUT2D eigenvalue weighted by molar-refractivity contribution is 0.0907. The van der Waals surface area contributed by atoms with Gasteiger partial charge in [0.25, 0.3) is 0 Å². The third-order valence-corrected chi connectivity index (χ3v) is 5.09. The van der Waals surface area contributed by atoms with Gasteiger partial charge in [-0.05, 0) is 12.1 Å². The van der Waals surface area contributed by atoms with Gasteiger partial charge in [0, 0.05) is 17.9 Å². The molecular weight excluding hydrogens is 296 g/mol. The molecule has 2 aromatic rings. The Hall–Kier alpha value is -1.47. The first-order chi connectivity index (χ1) is 9.75. The quantitative estimate of drug-likeness (QED) is 0.871. The van der Waals surface area contributed by atoms with E-state index in [1.54, 1.807) is 47.8 Å². The van der Waals surface area contributed by atoms with Crippen LogP contribution in [0, 0.1) is 0 Å². The van der Waals surface area contributed by atoms with Gasteiger partial charge in [0.15, 0.2) is 5.58 Å². The fourth-order valence-electron chi connectivity index (χ4n) is 1.94. The molecule has 0 spiro atoms. The molecule has 2 heterocycles. The Kier molecular flexibility index (Phi) is 3.98. The highest BCUT2D eigenvalue weighted by Gasteiger charge is 2.16. The minimum absolute atomic E-state index is 0.240. The molecular formula is C13H12N2O3S2. The number of hydrogen-bond acceptors (Lipinski definition) is 6. The van der Waals surface area contributed by atoms with Crippen LogP contribution in [-0.4, -0.2) is 32.9 Å². The van der Waals surface area contributed by atoms with Crippen molar-refractivity contribution >= 4 is 44.9 Å². The fraction of sp³-hybridized carbons (Fsp3) is 0.308. The molecule has 0 fully saturated rings. The molecule has 0 saturated carbocycles. The number of aliphatic imine (C=N–C) groups is 1. The average Bonchev–Trinajstić information content (AvgIpc) is 3.04. The van der Waals surface area contributed by atoms with Crippen LogP contribution in [0.2, 0.25) is 0 Å². The van der Waals surface area contributed by atoms with Gasteiger partial charge in [-0.1, -0.05) is 35.7 Å². The van der Waals surface area contributed by atoms with Crippen molar-refractivity contribution < 1.29 is 9.21 Å². The molecule has 104 valence electrons. The highest BCUT2D eigenvalue weighted by Crippen LogP contribution is 2.22. The van der Waals surface area contributed by atoms with E-state index in [9.17, 15) is 9.59 Å². The lowest BCUT2D eigenvalue weighted by Gasteiger charge is -2.01. The molecule has 1 aromatic heterocycles. The van der Waals surface area contributed by atoms with Crippen LogP contribution in [0.15, 0.2) is 38.5 Å². The number of para-hydroxylation sites is 2. The van der Waals surface area contributed by atoms with E-state index in [1.165, 1.54) is 0 Å². The Morgan fingerprint density at radius 1 is 1.45 bits per heavy atom. The number of carbonyl (C=O) groups excluding carboxylic acids is 1. The predicted molar refractivity (Wildman–Crippen MR) is 82.9 cm³/mol. The smallest absolute Gasteiger partial charge is 0.407 e. The third-order valence-electron chi connectivity index (χ3n) is 2.83. The SMILES string of the molecule is O=C(CCSC1=NCCS1)n1c(=O)oc2ccccc21. The Morgan fingerprint density at radius 3 is 3.10 bits per heavy atom. The number of oxazole rings is 1. The van der Waals surface area contributed by atoms with E-state index in [4.69, 9.17) is 4.42 Å². The maximum Gasteiger partial charge on any atom is 0.426 e. The fourth-order valence-corrected chi connectivity index (χ4v) is 3.95. The van der Waals surface area contributed by atoms with Crippen LogP contribution in [0.3, 0.4) is 0 Å². The molecule has 1 aliphatic heterocycles. The molecule has 0 bridgehead atoms. The van der Waals surface area contributed by atoms with Crippen molar-refractivity contribution in [2.75, 3.05) is 18.1 Å². The maximum absolute atomic E-state index is 12.2. The molecule has 0 N–H and O–H groups in total. The third kappa shape index (κ3) is 2.69. The van der Waals surface area contributed by atoms with Gasteiger partial charge in [0.05, 0.1) is 12.1 Å². The number of rotatable bonds is 3. The highest BCUT2D eigenvalue weighted by atomic mass is 32.2. The van der Waals surface area contributed by atoms with Crippen LogP contribution in [0.5, 0.6) is 0 Å². The summed E-state index contributed by atoms with van der Waals surface area (Å²) < 4.78 is 7.19. The van der Waals surface area contributed by atoms with Gasteiger partial charge in [-0.2, -0.15) is 0 Å². The molecule has 3 rings (SSSR count). The molecule has 0 amide bonds. The number of fused-ring (bicyclic) bond motifs is 1. The number of carbonyl (C=O) groups is 1. The normalized spacial score (nSPS) is 14.7. The summed E-state index contributed by atoms with van der Waals surface area (Å²) in [7, 11) is 0. The predicted octanol–water partition coefficient (Wildman–Crippen LogP) is 2.46. The van der Waals surface area contributed by atoms with Crippen molar-refractivity contribution in [3.8, 4) is 0 Å². The summed E-state index contributed by atoms with van der Waals surface area (Å²) >= 11 is 3.28. The zero-order chi connectivity index (χ0) is 13.9. The molecule has 1 aliphatic rings. The first-order valence-electron chi connectivity index (χ1n) is 6.19. The Labute approximate surface area is 123 Å². The van der Waals surface area contributed by atoms with E-state index in [0.29, 0.717) is 16.9 Å². The largest absolute Gasteiger partial charge is 0.426 e. The van der Waals surface area contributed by atoms with Gasteiger partial charge in [0.1, 0.15) is 4.38 Å². The first kappa shape index (κ1) is 13.5. The van der Waals surface area contributed by atoms with E-state index in [2.05, 4.69) is 4.99 Å². The van der Waals surface area contributed by atoms with E-state index in [-0.39, 0.29) is 12.3 Å². The van der Waals surface area contributed by atoms with Crippen molar-refractivity contribution in [2.45, 2.75) is 6.42 Å². The van der Waals surface area contributed by atoms with Crippen molar-refractivity contribution in [1.29, 1.82) is 0 Å². The van der Waals surface area contributed by atoms with Crippen molar-refractivity contribution in [1.82, 2.24) is 4.57 Å². The first-order valence-corrected chi connectivity index (χ1v) is 8.16. The van der Waals surface area contributed by atoms with Gasteiger partial charge < -0.3 is 4.42 Å². The van der Waals surface area contributed by atoms with E-state index < -0.39 is 5.76 Å². The Morgan fingerprint density at radius 2 is 2.30 bits per heavy atom. The summed E-state index contributed by atoms with van der Waals surface area (Å²) in [6, 6.07) is 6.94. The number of aromatic nitrogens is 1. The maximum atomic E-state index is 12.2. The Balaban J connectivity index is 1.72. The van der Waals surface area contributed by atoms with E-state index in [1.807, 2.05) is 0 Å². The highest BCUT2D eigenvalue weighted by molar-refractivity contribution is 8.39. The van der Waals surface area contributed by atoms with Gasteiger partial charge >= 0.3 is 5.76 Å². The van der Waals surface area contributed by atoms with Gasteiger partial charge in [0.2, 0.25) is 5.91 Å². The van der Waals surface area contributed by atoms with Crippen LogP contribution in [0.4, 0.5) is 0 Å². The number of nitrogens with zero attached hydrogens (tertiary/aromatic N) is 2. The molecule has 0 unspecified atom stereocenters. The number of hydrogen-bond donors (Lipinski definition) is 0. The van der Waals surface area contributed by atoms with E-state index >= 15 is 0 Å². The van der Waals surface area contributed by atoms with Gasteiger partial charge in [-0.3, -0.25) is 9.79 Å². The Bertz CT molecular complexity index is 733. The van der Waals surface area contributed by atoms with Crippen molar-refractivity contribution in [2.24, 2.45) is 4.99 Å². The van der Waals surface area contributed by atoms with Gasteiger partial charge in [-0.15, -0.1) is 0 Å². The summed E-state index contributed by atoms with van der Waals surface area (Å²) in [4.78, 5) is 28.2. The minimum Gasteiger partial charge on any atom is -0.407 e. The van der Waals surface area contributed by atoms with E-state index in [0.717, 1.165) is 21.2 Å². The molecule has 0 atom stereocenters. The molecule has 20 heavy (non-hydrogen) atoms.